The predicted octanol–water partition coefficient (Wildman–Crippen LogP) is 12.8. The lowest BCUT2D eigenvalue weighted by Gasteiger charge is -2.53. The molecule has 246 valence electrons. The first-order valence-electron chi connectivity index (χ1n) is 17.8. The van der Waals surface area contributed by atoms with Crippen LogP contribution in [-0.4, -0.2) is 0 Å². The van der Waals surface area contributed by atoms with E-state index in [9.17, 15) is 0 Å². The Labute approximate surface area is 293 Å². The van der Waals surface area contributed by atoms with Gasteiger partial charge in [0, 0.05) is 34.2 Å². The highest BCUT2D eigenvalue weighted by molar-refractivity contribution is 5.94. The lowest BCUT2D eigenvalue weighted by atomic mass is 9.64. The second-order valence-electron chi connectivity index (χ2n) is 14.6. The number of hydrogen-bond acceptors (Lipinski definition) is 2. The summed E-state index contributed by atoms with van der Waals surface area (Å²) in [5, 5.41) is 0. The van der Waals surface area contributed by atoms with Crippen LogP contribution in [0.5, 0.6) is 0 Å². The van der Waals surface area contributed by atoms with Gasteiger partial charge in [-0.25, -0.2) is 0 Å². The van der Waals surface area contributed by atoms with Gasteiger partial charge in [0.15, 0.2) is 0 Å². The van der Waals surface area contributed by atoms with Gasteiger partial charge in [0.25, 0.3) is 0 Å². The van der Waals surface area contributed by atoms with E-state index < -0.39 is 5.54 Å². The third-order valence-electron chi connectivity index (χ3n) is 10.5. The Morgan fingerprint density at radius 1 is 0.592 bits per heavy atom. The zero-order valence-electron chi connectivity index (χ0n) is 30.0. The van der Waals surface area contributed by atoms with E-state index in [1.807, 2.05) is 0 Å². The van der Waals surface area contributed by atoms with Gasteiger partial charge in [0.1, 0.15) is 0 Å². The molecule has 0 radical (unpaired) electrons. The zero-order valence-corrected chi connectivity index (χ0v) is 30.0. The fourth-order valence-corrected chi connectivity index (χ4v) is 7.71. The van der Waals surface area contributed by atoms with E-state index in [2.05, 4.69) is 204 Å². The van der Waals surface area contributed by atoms with Crippen LogP contribution in [-0.2, 0) is 5.54 Å². The van der Waals surface area contributed by atoms with Crippen LogP contribution in [0.15, 0.2) is 157 Å². The van der Waals surface area contributed by atoms with Crippen molar-refractivity contribution >= 4 is 28.4 Å². The van der Waals surface area contributed by atoms with Crippen LogP contribution < -0.4 is 9.80 Å². The summed E-state index contributed by atoms with van der Waals surface area (Å²) >= 11 is 0. The summed E-state index contributed by atoms with van der Waals surface area (Å²) in [6.07, 6.45) is 7.39. The molecule has 0 aromatic heterocycles. The minimum Gasteiger partial charge on any atom is -0.331 e. The normalized spacial score (nSPS) is 18.3. The number of hydrogen-bond donors (Lipinski definition) is 0. The topological polar surface area (TPSA) is 6.48 Å². The Balaban J connectivity index is 1.61. The van der Waals surface area contributed by atoms with Crippen molar-refractivity contribution in [3.8, 4) is 0 Å². The molecule has 2 atom stereocenters. The average Bonchev–Trinajstić information content (AvgIpc) is 3.12. The first kappa shape index (κ1) is 32.5. The molecule has 0 bridgehead atoms. The molecule has 2 unspecified atom stereocenters. The molecular weight excluding hydrogens is 593 g/mol. The zero-order chi connectivity index (χ0) is 34.3. The van der Waals surface area contributed by atoms with Gasteiger partial charge in [-0.2, -0.15) is 0 Å². The summed E-state index contributed by atoms with van der Waals surface area (Å²) in [5.41, 5.74) is 14.7. The number of para-hydroxylation sites is 2. The highest BCUT2D eigenvalue weighted by atomic mass is 15.2. The van der Waals surface area contributed by atoms with E-state index in [4.69, 9.17) is 0 Å². The first-order valence-corrected chi connectivity index (χ1v) is 17.8. The fourth-order valence-electron chi connectivity index (χ4n) is 7.71. The van der Waals surface area contributed by atoms with Crippen LogP contribution in [0.3, 0.4) is 0 Å². The number of fused-ring (bicyclic) bond motifs is 2. The summed E-state index contributed by atoms with van der Waals surface area (Å²) in [5.74, 6) is 0.844. The lowest BCUT2D eigenvalue weighted by Crippen LogP contribution is -2.50. The van der Waals surface area contributed by atoms with Crippen molar-refractivity contribution in [2.24, 2.45) is 11.8 Å². The molecule has 0 amide bonds. The van der Waals surface area contributed by atoms with Crippen molar-refractivity contribution in [1.82, 2.24) is 0 Å². The summed E-state index contributed by atoms with van der Waals surface area (Å²) < 4.78 is 0. The summed E-state index contributed by atoms with van der Waals surface area (Å²) in [7, 11) is 0. The molecule has 2 heteroatoms. The van der Waals surface area contributed by atoms with E-state index in [1.54, 1.807) is 0 Å². The minimum atomic E-state index is -0.458. The highest BCUT2D eigenvalue weighted by Gasteiger charge is 2.50. The molecule has 5 aromatic rings. The van der Waals surface area contributed by atoms with Crippen molar-refractivity contribution in [3.05, 3.63) is 185 Å². The maximum atomic E-state index is 2.61. The van der Waals surface area contributed by atoms with E-state index in [0.29, 0.717) is 11.8 Å². The van der Waals surface area contributed by atoms with Crippen LogP contribution in [0.2, 0.25) is 0 Å². The van der Waals surface area contributed by atoms with Crippen molar-refractivity contribution in [2.75, 3.05) is 9.80 Å². The standard InChI is InChI=1S/C47H48N2/c1-32(2)36-23-29-44-43(30-36)46(48(38-14-10-8-11-15-38)39-24-18-34(5)19-25-39)42-28-22-37(33(3)4)31-45(42)47(44,7)49(40-16-12-9-13-17-40)41-26-20-35(6)21-27-41/h8-33,44H,1-7H3. The maximum absolute atomic E-state index is 2.61. The molecular formula is C47H48N2. The van der Waals surface area contributed by atoms with Crippen LogP contribution in [0.4, 0.5) is 22.7 Å². The second kappa shape index (κ2) is 13.1. The quantitative estimate of drug-likeness (QED) is 0.166. The SMILES string of the molecule is Cc1ccc(N(C2=C3C=C(C(C)C)C=CC3C(C)(N(c3ccccc3)c3ccc(C)cc3)c3cc(C(C)C)ccc32)c2ccccc2)cc1. The minimum absolute atomic E-state index is 0.0538. The molecule has 0 N–H and O–H groups in total. The van der Waals surface area contributed by atoms with Crippen LogP contribution >= 0.6 is 0 Å². The molecule has 2 aliphatic rings. The van der Waals surface area contributed by atoms with E-state index >= 15 is 0 Å². The molecule has 0 fully saturated rings. The van der Waals surface area contributed by atoms with E-state index in [-0.39, 0.29) is 5.92 Å². The van der Waals surface area contributed by atoms with Gasteiger partial charge in [0.05, 0.1) is 11.2 Å². The third-order valence-corrected chi connectivity index (χ3v) is 10.5. The molecule has 2 nitrogen and oxygen atoms in total. The Morgan fingerprint density at radius 2 is 1.12 bits per heavy atom. The number of rotatable bonds is 8. The number of aryl methyl sites for hydroxylation is 2. The Morgan fingerprint density at radius 3 is 1.69 bits per heavy atom. The second-order valence-corrected chi connectivity index (χ2v) is 14.6. The lowest BCUT2D eigenvalue weighted by molar-refractivity contribution is 0.389. The molecule has 0 saturated carbocycles. The summed E-state index contributed by atoms with van der Waals surface area (Å²) in [6, 6.07) is 47.2. The molecule has 0 heterocycles. The van der Waals surface area contributed by atoms with Gasteiger partial charge in [-0.3, -0.25) is 0 Å². The highest BCUT2D eigenvalue weighted by Crippen LogP contribution is 2.57. The Kier molecular flexibility index (Phi) is 8.67. The van der Waals surface area contributed by atoms with Gasteiger partial charge in [-0.05, 0) is 103 Å². The largest absolute Gasteiger partial charge is 0.331 e. The molecule has 7 rings (SSSR count). The van der Waals surface area contributed by atoms with Gasteiger partial charge in [-0.15, -0.1) is 0 Å². The van der Waals surface area contributed by atoms with Crippen LogP contribution in [0.1, 0.15) is 68.4 Å². The number of allylic oxidation sites excluding steroid dienone is 3. The van der Waals surface area contributed by atoms with Gasteiger partial charge in [-0.1, -0.05) is 136 Å². The van der Waals surface area contributed by atoms with Gasteiger partial charge < -0.3 is 9.80 Å². The molecule has 0 saturated heterocycles. The number of anilines is 4. The maximum Gasteiger partial charge on any atom is 0.0784 e. The van der Waals surface area contributed by atoms with Crippen LogP contribution in [0.25, 0.3) is 5.70 Å². The first-order chi connectivity index (χ1) is 23.7. The predicted molar refractivity (Wildman–Crippen MR) is 210 cm³/mol. The fraction of sp³-hybridized carbons (Fsp3) is 0.234. The van der Waals surface area contributed by atoms with Gasteiger partial charge >= 0.3 is 0 Å². The summed E-state index contributed by atoms with van der Waals surface area (Å²) in [4.78, 5) is 5.11. The molecule has 0 spiro atoms. The van der Waals surface area contributed by atoms with E-state index in [0.717, 1.165) is 11.4 Å². The molecule has 49 heavy (non-hydrogen) atoms. The van der Waals surface area contributed by atoms with Crippen LogP contribution in [0, 0.1) is 25.7 Å². The third kappa shape index (κ3) is 5.84. The number of nitrogens with zero attached hydrogens (tertiary/aromatic N) is 2. The van der Waals surface area contributed by atoms with Gasteiger partial charge in [0.2, 0.25) is 0 Å². The van der Waals surface area contributed by atoms with Crippen molar-refractivity contribution in [1.29, 1.82) is 0 Å². The van der Waals surface area contributed by atoms with Crippen molar-refractivity contribution in [2.45, 2.75) is 59.9 Å². The Hall–Kier alpha value is -5.08. The van der Waals surface area contributed by atoms with Crippen molar-refractivity contribution in [3.63, 3.8) is 0 Å². The smallest absolute Gasteiger partial charge is 0.0784 e. The van der Waals surface area contributed by atoms with E-state index in [1.165, 1.54) is 56.0 Å². The average molecular weight is 641 g/mol. The number of benzene rings is 5. The monoisotopic (exact) mass is 640 g/mol. The van der Waals surface area contributed by atoms with Crippen molar-refractivity contribution < 1.29 is 0 Å². The molecule has 5 aromatic carbocycles. The molecule has 0 aliphatic heterocycles. The Bertz CT molecular complexity index is 2030. The summed E-state index contributed by atoms with van der Waals surface area (Å²) in [6.45, 7) is 16.0. The molecule has 2 aliphatic carbocycles.